The van der Waals surface area contributed by atoms with E-state index in [1.807, 2.05) is 18.4 Å². The van der Waals surface area contributed by atoms with Crippen LogP contribution in [0.25, 0.3) is 21.6 Å². The van der Waals surface area contributed by atoms with E-state index in [0.717, 1.165) is 30.5 Å². The van der Waals surface area contributed by atoms with Crippen LogP contribution in [0, 0.1) is 6.92 Å². The van der Waals surface area contributed by atoms with E-state index < -0.39 is 0 Å². The van der Waals surface area contributed by atoms with E-state index in [1.54, 1.807) is 10.8 Å². The Balaban J connectivity index is 2.06. The van der Waals surface area contributed by atoms with E-state index in [4.69, 9.17) is 10.5 Å². The molecule has 0 aromatic carbocycles. The molecule has 8 heteroatoms. The van der Waals surface area contributed by atoms with Crippen LogP contribution < -0.4 is 11.3 Å². The van der Waals surface area contributed by atoms with Crippen molar-refractivity contribution in [2.75, 3.05) is 18.9 Å². The van der Waals surface area contributed by atoms with Crippen molar-refractivity contribution in [3.63, 3.8) is 0 Å². The molecule has 0 radical (unpaired) electrons. The van der Waals surface area contributed by atoms with Crippen molar-refractivity contribution >= 4 is 28.3 Å². The van der Waals surface area contributed by atoms with Gasteiger partial charge in [0.2, 0.25) is 5.95 Å². The number of nitrogens with two attached hydrogens (primary N) is 1. The molecule has 3 aromatic rings. The normalized spacial score (nSPS) is 18.1. The standard InChI is InChI=1S/C16H17N5O2S/c1-9-11-7-12(14-18-4-6-24-14)15(22)21(10-3-2-5-23-8-10)13(11)20-16(17)19-9/h4,6-7,10H,2-3,5,8H2,1H3,(H2,17,19,20)/t10-/m1/s1. The molecule has 3 aromatic heterocycles. The number of pyridine rings is 1. The molecule has 0 amide bonds. The number of nitrogens with zero attached hydrogens (tertiary/aromatic N) is 4. The second kappa shape index (κ2) is 5.95. The van der Waals surface area contributed by atoms with E-state index in [2.05, 4.69) is 15.0 Å². The molecular formula is C16H17N5O2S. The fraction of sp³-hybridized carbons (Fsp3) is 0.375. The first kappa shape index (κ1) is 15.2. The Bertz CT molecular complexity index is 945. The highest BCUT2D eigenvalue weighted by Crippen LogP contribution is 2.28. The van der Waals surface area contributed by atoms with Crippen LogP contribution in [0.1, 0.15) is 24.6 Å². The molecule has 0 bridgehead atoms. The molecule has 0 saturated carbocycles. The van der Waals surface area contributed by atoms with Gasteiger partial charge in [0.15, 0.2) is 0 Å². The van der Waals surface area contributed by atoms with E-state index in [1.165, 1.54) is 11.3 Å². The minimum atomic E-state index is -0.106. The smallest absolute Gasteiger partial charge is 0.262 e. The Labute approximate surface area is 142 Å². The first-order chi connectivity index (χ1) is 11.6. The average molecular weight is 343 g/mol. The molecule has 0 unspecified atom stereocenters. The van der Waals surface area contributed by atoms with Crippen LogP contribution >= 0.6 is 11.3 Å². The zero-order chi connectivity index (χ0) is 16.7. The van der Waals surface area contributed by atoms with Crippen molar-refractivity contribution in [1.82, 2.24) is 19.5 Å². The molecule has 1 fully saturated rings. The van der Waals surface area contributed by atoms with Gasteiger partial charge in [-0.3, -0.25) is 9.36 Å². The molecule has 124 valence electrons. The number of thiazole rings is 1. The predicted molar refractivity (Wildman–Crippen MR) is 93.1 cm³/mol. The summed E-state index contributed by atoms with van der Waals surface area (Å²) in [7, 11) is 0. The summed E-state index contributed by atoms with van der Waals surface area (Å²) in [6.07, 6.45) is 3.49. The molecule has 7 nitrogen and oxygen atoms in total. The summed E-state index contributed by atoms with van der Waals surface area (Å²) in [4.78, 5) is 26.1. The molecule has 24 heavy (non-hydrogen) atoms. The van der Waals surface area contributed by atoms with Crippen LogP contribution in [0.3, 0.4) is 0 Å². The monoisotopic (exact) mass is 343 g/mol. The lowest BCUT2D eigenvalue weighted by Gasteiger charge is -2.26. The number of anilines is 1. The largest absolute Gasteiger partial charge is 0.379 e. The van der Waals surface area contributed by atoms with Crippen LogP contribution in [0.15, 0.2) is 22.4 Å². The van der Waals surface area contributed by atoms with Gasteiger partial charge in [-0.2, -0.15) is 4.98 Å². The van der Waals surface area contributed by atoms with Gasteiger partial charge in [-0.15, -0.1) is 11.3 Å². The first-order valence-corrected chi connectivity index (χ1v) is 8.70. The molecule has 0 spiro atoms. The summed E-state index contributed by atoms with van der Waals surface area (Å²) < 4.78 is 7.30. The summed E-state index contributed by atoms with van der Waals surface area (Å²) in [6, 6.07) is 1.77. The van der Waals surface area contributed by atoms with Gasteiger partial charge >= 0.3 is 0 Å². The lowest BCUT2D eigenvalue weighted by atomic mass is 10.1. The van der Waals surface area contributed by atoms with E-state index >= 15 is 0 Å². The summed E-state index contributed by atoms with van der Waals surface area (Å²) in [5, 5.41) is 3.38. The first-order valence-electron chi connectivity index (χ1n) is 7.82. The topological polar surface area (TPSA) is 95.9 Å². The van der Waals surface area contributed by atoms with Crippen LogP contribution in [0.2, 0.25) is 0 Å². The van der Waals surface area contributed by atoms with Crippen LogP contribution in [0.5, 0.6) is 0 Å². The highest BCUT2D eigenvalue weighted by Gasteiger charge is 2.23. The number of nitrogen functional groups attached to an aromatic ring is 1. The second-order valence-corrected chi connectivity index (χ2v) is 6.74. The lowest BCUT2D eigenvalue weighted by molar-refractivity contribution is 0.0594. The number of rotatable bonds is 2. The van der Waals surface area contributed by atoms with Crippen molar-refractivity contribution in [3.05, 3.63) is 33.7 Å². The van der Waals surface area contributed by atoms with Crippen molar-refractivity contribution in [3.8, 4) is 10.6 Å². The van der Waals surface area contributed by atoms with Crippen molar-refractivity contribution in [2.24, 2.45) is 0 Å². The number of fused-ring (bicyclic) bond motifs is 1. The van der Waals surface area contributed by atoms with Gasteiger partial charge in [-0.25, -0.2) is 9.97 Å². The molecular weight excluding hydrogens is 326 g/mol. The van der Waals surface area contributed by atoms with Crippen molar-refractivity contribution in [1.29, 1.82) is 0 Å². The average Bonchev–Trinajstić information content (AvgIpc) is 3.09. The minimum Gasteiger partial charge on any atom is -0.379 e. The van der Waals surface area contributed by atoms with E-state index in [9.17, 15) is 4.79 Å². The van der Waals surface area contributed by atoms with E-state index in [0.29, 0.717) is 22.8 Å². The third-order valence-electron chi connectivity index (χ3n) is 4.26. The van der Waals surface area contributed by atoms with Crippen LogP contribution in [0.4, 0.5) is 5.95 Å². The maximum Gasteiger partial charge on any atom is 0.262 e. The van der Waals surface area contributed by atoms with Gasteiger partial charge in [0, 0.05) is 23.6 Å². The van der Waals surface area contributed by atoms with Gasteiger partial charge in [0.05, 0.1) is 23.9 Å². The Hall–Kier alpha value is -2.32. The van der Waals surface area contributed by atoms with Gasteiger partial charge in [-0.05, 0) is 25.8 Å². The second-order valence-electron chi connectivity index (χ2n) is 5.85. The highest BCUT2D eigenvalue weighted by molar-refractivity contribution is 7.13. The van der Waals surface area contributed by atoms with Gasteiger partial charge in [0.1, 0.15) is 10.7 Å². The van der Waals surface area contributed by atoms with Crippen molar-refractivity contribution in [2.45, 2.75) is 25.8 Å². The van der Waals surface area contributed by atoms with Crippen LogP contribution in [-0.4, -0.2) is 32.7 Å². The molecule has 0 aliphatic carbocycles. The fourth-order valence-corrected chi connectivity index (χ4v) is 3.79. The Morgan fingerprint density at radius 2 is 2.29 bits per heavy atom. The number of hydrogen-bond donors (Lipinski definition) is 1. The summed E-state index contributed by atoms with van der Waals surface area (Å²) in [5.74, 6) is 0.173. The summed E-state index contributed by atoms with van der Waals surface area (Å²) in [6.45, 7) is 3.10. The Kier molecular flexibility index (Phi) is 3.78. The number of aromatic nitrogens is 4. The van der Waals surface area contributed by atoms with E-state index in [-0.39, 0.29) is 17.5 Å². The summed E-state index contributed by atoms with van der Waals surface area (Å²) >= 11 is 1.44. The third kappa shape index (κ3) is 2.47. The maximum atomic E-state index is 13.2. The predicted octanol–water partition coefficient (Wildman–Crippen LogP) is 2.16. The number of hydrogen-bond acceptors (Lipinski definition) is 7. The maximum absolute atomic E-state index is 13.2. The summed E-state index contributed by atoms with van der Waals surface area (Å²) in [5.41, 5.74) is 7.61. The minimum absolute atomic E-state index is 0.0534. The van der Waals surface area contributed by atoms with Gasteiger partial charge < -0.3 is 10.5 Å². The fourth-order valence-electron chi connectivity index (χ4n) is 3.15. The molecule has 2 N–H and O–H groups in total. The molecule has 4 heterocycles. The quantitative estimate of drug-likeness (QED) is 0.766. The zero-order valence-corrected chi connectivity index (χ0v) is 14.0. The number of ether oxygens (including phenoxy) is 1. The van der Waals surface area contributed by atoms with Crippen molar-refractivity contribution < 1.29 is 4.74 Å². The zero-order valence-electron chi connectivity index (χ0n) is 13.2. The number of aryl methyl sites for hydroxylation is 1. The van der Waals surface area contributed by atoms with Gasteiger partial charge in [0.25, 0.3) is 5.56 Å². The molecule has 1 saturated heterocycles. The highest BCUT2D eigenvalue weighted by atomic mass is 32.1. The van der Waals surface area contributed by atoms with Gasteiger partial charge in [-0.1, -0.05) is 0 Å². The van der Waals surface area contributed by atoms with Crippen LogP contribution in [-0.2, 0) is 4.74 Å². The molecule has 1 atom stereocenters. The molecule has 4 rings (SSSR count). The Morgan fingerprint density at radius 3 is 3.00 bits per heavy atom. The third-order valence-corrected chi connectivity index (χ3v) is 5.07. The lowest BCUT2D eigenvalue weighted by Crippen LogP contribution is -2.32. The Morgan fingerprint density at radius 1 is 1.42 bits per heavy atom. The molecule has 1 aliphatic heterocycles. The SMILES string of the molecule is Cc1nc(N)nc2c1cc(-c1nccs1)c(=O)n2[C@@H]1CCCOC1. The molecule has 1 aliphatic rings.